The second-order valence-electron chi connectivity index (χ2n) is 5.80. The van der Waals surface area contributed by atoms with Crippen molar-refractivity contribution in [3.8, 4) is 0 Å². The number of carbonyl (C=O) groups excluding carboxylic acids is 1. The normalized spacial score (nSPS) is 23.8. The minimum absolute atomic E-state index is 0.0493. The molecule has 1 fully saturated rings. The van der Waals surface area contributed by atoms with Crippen LogP contribution in [0.25, 0.3) is 0 Å². The first-order valence-corrected chi connectivity index (χ1v) is 10.7. The van der Waals surface area contributed by atoms with Gasteiger partial charge >= 0.3 is 0 Å². The standard InChI is InChI=1S/C15H18ClN3O4S2/c1-23-5-4-17-14(20)9-2-3-10(16)11(6-9)18-15-19-12-7-25(21,22)8-13(12)24-15/h2-3,6,12-13H,4-5,7-8H2,1H3,(H,17,20)(H,18,19)/t12-,13-/m1/s1. The van der Waals surface area contributed by atoms with E-state index in [0.717, 1.165) is 0 Å². The number of anilines is 1. The molecule has 1 saturated heterocycles. The van der Waals surface area contributed by atoms with Gasteiger partial charge in [0.05, 0.1) is 34.9 Å². The number of hydrogen-bond acceptors (Lipinski definition) is 7. The fourth-order valence-electron chi connectivity index (χ4n) is 2.66. The Morgan fingerprint density at radius 2 is 2.24 bits per heavy atom. The van der Waals surface area contributed by atoms with E-state index in [1.165, 1.54) is 11.8 Å². The van der Waals surface area contributed by atoms with Crippen molar-refractivity contribution in [2.24, 2.45) is 4.99 Å². The number of ether oxygens (including phenoxy) is 1. The van der Waals surface area contributed by atoms with Crippen LogP contribution in [0.1, 0.15) is 10.4 Å². The summed E-state index contributed by atoms with van der Waals surface area (Å²) in [6, 6.07) is 4.72. The fourth-order valence-corrected chi connectivity index (χ4v) is 6.50. The number of rotatable bonds is 5. The molecular weight excluding hydrogens is 386 g/mol. The number of nitrogens with one attached hydrogen (secondary N) is 2. The highest BCUT2D eigenvalue weighted by molar-refractivity contribution is 8.15. The zero-order valence-corrected chi connectivity index (χ0v) is 15.9. The number of fused-ring (bicyclic) bond motifs is 1. The molecule has 0 spiro atoms. The van der Waals surface area contributed by atoms with Crippen molar-refractivity contribution in [2.45, 2.75) is 11.3 Å². The first kappa shape index (κ1) is 18.5. The molecule has 1 aromatic rings. The Bertz CT molecular complexity index is 813. The van der Waals surface area contributed by atoms with E-state index in [1.807, 2.05) is 0 Å². The van der Waals surface area contributed by atoms with Crippen molar-refractivity contribution in [3.63, 3.8) is 0 Å². The molecular formula is C15H18ClN3O4S2. The molecule has 10 heteroatoms. The number of benzene rings is 1. The Balaban J connectivity index is 1.69. The molecule has 25 heavy (non-hydrogen) atoms. The van der Waals surface area contributed by atoms with Crippen LogP contribution in [0.4, 0.5) is 5.69 Å². The van der Waals surface area contributed by atoms with Gasteiger partial charge in [-0.05, 0) is 18.2 Å². The summed E-state index contributed by atoms with van der Waals surface area (Å²) in [6.07, 6.45) is 0. The number of thioether (sulfide) groups is 1. The molecule has 0 aromatic heterocycles. The van der Waals surface area contributed by atoms with Crippen LogP contribution < -0.4 is 10.6 Å². The lowest BCUT2D eigenvalue weighted by Gasteiger charge is -2.11. The van der Waals surface area contributed by atoms with Gasteiger partial charge < -0.3 is 15.4 Å². The first-order valence-electron chi connectivity index (χ1n) is 7.66. The Hall–Kier alpha value is -1.29. The predicted molar refractivity (Wildman–Crippen MR) is 101 cm³/mol. The van der Waals surface area contributed by atoms with Gasteiger partial charge in [-0.1, -0.05) is 23.4 Å². The van der Waals surface area contributed by atoms with E-state index in [2.05, 4.69) is 15.6 Å². The van der Waals surface area contributed by atoms with Gasteiger partial charge in [0.2, 0.25) is 0 Å². The number of halogens is 1. The zero-order valence-electron chi connectivity index (χ0n) is 13.5. The summed E-state index contributed by atoms with van der Waals surface area (Å²) < 4.78 is 28.1. The third-order valence-electron chi connectivity index (χ3n) is 3.88. The second kappa shape index (κ2) is 7.53. The van der Waals surface area contributed by atoms with Crippen molar-refractivity contribution in [2.75, 3.05) is 37.1 Å². The largest absolute Gasteiger partial charge is 0.383 e. The Morgan fingerprint density at radius 3 is 2.96 bits per heavy atom. The summed E-state index contributed by atoms with van der Waals surface area (Å²) in [6.45, 7) is 0.852. The number of amides is 1. The van der Waals surface area contributed by atoms with Gasteiger partial charge in [0.1, 0.15) is 0 Å². The molecule has 2 aliphatic rings. The van der Waals surface area contributed by atoms with Gasteiger partial charge in [0, 0.05) is 24.5 Å². The third-order valence-corrected chi connectivity index (χ3v) is 7.35. The van der Waals surface area contributed by atoms with Crippen LogP contribution in [0.15, 0.2) is 23.2 Å². The second-order valence-corrected chi connectivity index (χ2v) is 9.59. The first-order chi connectivity index (χ1) is 11.9. The highest BCUT2D eigenvalue weighted by atomic mass is 35.5. The summed E-state index contributed by atoms with van der Waals surface area (Å²) in [4.78, 5) is 16.5. The smallest absolute Gasteiger partial charge is 0.251 e. The number of aliphatic imine (C=N–C) groups is 1. The fraction of sp³-hybridized carbons (Fsp3) is 0.467. The molecule has 2 atom stereocenters. The lowest BCUT2D eigenvalue weighted by atomic mass is 10.2. The zero-order chi connectivity index (χ0) is 18.0. The summed E-state index contributed by atoms with van der Waals surface area (Å²) in [5.41, 5.74) is 1.03. The number of hydrogen-bond donors (Lipinski definition) is 2. The van der Waals surface area contributed by atoms with Crippen LogP contribution in [0.3, 0.4) is 0 Å². The molecule has 1 amide bonds. The molecule has 2 aliphatic heterocycles. The average molecular weight is 404 g/mol. The molecule has 0 bridgehead atoms. The van der Waals surface area contributed by atoms with Gasteiger partial charge in [-0.2, -0.15) is 0 Å². The molecule has 136 valence electrons. The number of nitrogens with zero attached hydrogens (tertiary/aromatic N) is 1. The lowest BCUT2D eigenvalue weighted by Crippen LogP contribution is -2.27. The molecule has 7 nitrogen and oxygen atoms in total. The van der Waals surface area contributed by atoms with Crippen LogP contribution in [0, 0.1) is 0 Å². The molecule has 0 saturated carbocycles. The Morgan fingerprint density at radius 1 is 1.44 bits per heavy atom. The molecule has 0 aliphatic carbocycles. The highest BCUT2D eigenvalue weighted by Crippen LogP contribution is 2.35. The van der Waals surface area contributed by atoms with Crippen molar-refractivity contribution < 1.29 is 17.9 Å². The number of carbonyl (C=O) groups is 1. The minimum atomic E-state index is -2.98. The maximum absolute atomic E-state index is 12.1. The van der Waals surface area contributed by atoms with E-state index in [4.69, 9.17) is 16.3 Å². The summed E-state index contributed by atoms with van der Waals surface area (Å²) in [7, 11) is -1.42. The molecule has 2 N–H and O–H groups in total. The van der Waals surface area contributed by atoms with Crippen LogP contribution in [0.2, 0.25) is 5.02 Å². The topological polar surface area (TPSA) is 96.9 Å². The van der Waals surface area contributed by atoms with Crippen molar-refractivity contribution in [1.82, 2.24) is 5.32 Å². The maximum atomic E-state index is 12.1. The van der Waals surface area contributed by atoms with E-state index >= 15 is 0 Å². The van der Waals surface area contributed by atoms with Crippen LogP contribution in [0.5, 0.6) is 0 Å². The predicted octanol–water partition coefficient (Wildman–Crippen LogP) is 1.40. The molecule has 2 heterocycles. The summed E-state index contributed by atoms with van der Waals surface area (Å²) >= 11 is 7.60. The van der Waals surface area contributed by atoms with E-state index in [1.54, 1.807) is 25.3 Å². The van der Waals surface area contributed by atoms with E-state index in [-0.39, 0.29) is 28.7 Å². The number of methoxy groups -OCH3 is 1. The van der Waals surface area contributed by atoms with E-state index in [9.17, 15) is 13.2 Å². The quantitative estimate of drug-likeness (QED) is 0.721. The molecule has 3 rings (SSSR count). The van der Waals surface area contributed by atoms with Crippen LogP contribution in [-0.2, 0) is 14.6 Å². The highest BCUT2D eigenvalue weighted by Gasteiger charge is 2.42. The molecule has 0 unspecified atom stereocenters. The molecule has 1 aromatic carbocycles. The Kier molecular flexibility index (Phi) is 5.57. The van der Waals surface area contributed by atoms with Gasteiger partial charge in [-0.25, -0.2) is 8.42 Å². The SMILES string of the molecule is COCCNC(=O)c1ccc(Cl)c(NC2=N[C@@H]3CS(=O)(=O)C[C@H]3S2)c1. The van der Waals surface area contributed by atoms with Gasteiger partial charge in [0.15, 0.2) is 15.0 Å². The monoisotopic (exact) mass is 403 g/mol. The lowest BCUT2D eigenvalue weighted by molar-refractivity contribution is 0.0937. The van der Waals surface area contributed by atoms with E-state index in [0.29, 0.717) is 34.6 Å². The third kappa shape index (κ3) is 4.46. The molecule has 0 radical (unpaired) electrons. The maximum Gasteiger partial charge on any atom is 0.251 e. The summed E-state index contributed by atoms with van der Waals surface area (Å²) in [5, 5.41) is 6.89. The van der Waals surface area contributed by atoms with Crippen LogP contribution in [-0.4, -0.2) is 62.6 Å². The van der Waals surface area contributed by atoms with Crippen molar-refractivity contribution in [1.29, 1.82) is 0 Å². The van der Waals surface area contributed by atoms with Crippen LogP contribution >= 0.6 is 23.4 Å². The average Bonchev–Trinajstić information content (AvgIpc) is 3.02. The summed E-state index contributed by atoms with van der Waals surface area (Å²) in [5.74, 6) is 0.0128. The minimum Gasteiger partial charge on any atom is -0.383 e. The number of amidine groups is 1. The van der Waals surface area contributed by atoms with Crippen molar-refractivity contribution >= 4 is 50.0 Å². The van der Waals surface area contributed by atoms with Gasteiger partial charge in [-0.3, -0.25) is 9.79 Å². The Labute approximate surface area is 155 Å². The van der Waals surface area contributed by atoms with Gasteiger partial charge in [0.25, 0.3) is 5.91 Å². The van der Waals surface area contributed by atoms with Crippen molar-refractivity contribution in [3.05, 3.63) is 28.8 Å². The van der Waals surface area contributed by atoms with E-state index < -0.39 is 9.84 Å². The number of sulfone groups is 1. The van der Waals surface area contributed by atoms with Gasteiger partial charge in [-0.15, -0.1) is 0 Å².